The minimum absolute atomic E-state index is 0.0295. The molecule has 1 atom stereocenters. The highest BCUT2D eigenvalue weighted by molar-refractivity contribution is 5.83. The van der Waals surface area contributed by atoms with Crippen LogP contribution in [0.3, 0.4) is 0 Å². The number of methoxy groups -OCH3 is 1. The molecule has 1 rings (SSSR count). The number of nitrogens with zero attached hydrogens (tertiary/aromatic N) is 1. The number of carbonyl (C=O) groups is 2. The molecule has 0 saturated carbocycles. The standard InChI is InChI=1S/C12H15N3O5/c1-12(14-7-16,11(17)20-2)6-8-3-4-9(13)10(5-8)15(18)19/h3-5,7H,6,13H2,1-2H3,(H,14,16)/t12-/m1/s1. The second-order valence-corrected chi connectivity index (χ2v) is 4.41. The summed E-state index contributed by atoms with van der Waals surface area (Å²) in [5.41, 5.74) is 4.45. The van der Waals surface area contributed by atoms with Gasteiger partial charge in [0.05, 0.1) is 12.0 Å². The highest BCUT2D eigenvalue weighted by Crippen LogP contribution is 2.25. The summed E-state index contributed by atoms with van der Waals surface area (Å²) in [6.45, 7) is 1.47. The van der Waals surface area contributed by atoms with Crippen molar-refractivity contribution in [3.05, 3.63) is 33.9 Å². The Bertz CT molecular complexity index is 546. The smallest absolute Gasteiger partial charge is 0.331 e. The minimum Gasteiger partial charge on any atom is -0.467 e. The van der Waals surface area contributed by atoms with Gasteiger partial charge in [-0.1, -0.05) is 6.07 Å². The summed E-state index contributed by atoms with van der Waals surface area (Å²) in [7, 11) is 1.19. The fourth-order valence-electron chi connectivity index (χ4n) is 1.80. The lowest BCUT2D eigenvalue weighted by Crippen LogP contribution is -2.51. The molecular weight excluding hydrogens is 266 g/mol. The summed E-state index contributed by atoms with van der Waals surface area (Å²) in [6, 6.07) is 4.20. The second kappa shape index (κ2) is 6.00. The normalized spacial score (nSPS) is 13.1. The first-order valence-electron chi connectivity index (χ1n) is 5.66. The molecule has 8 nitrogen and oxygen atoms in total. The first-order chi connectivity index (χ1) is 9.34. The van der Waals surface area contributed by atoms with Gasteiger partial charge in [0.25, 0.3) is 5.69 Å². The fourth-order valence-corrected chi connectivity index (χ4v) is 1.80. The van der Waals surface area contributed by atoms with Gasteiger partial charge in [-0.3, -0.25) is 14.9 Å². The topological polar surface area (TPSA) is 125 Å². The summed E-state index contributed by atoms with van der Waals surface area (Å²) in [4.78, 5) is 32.5. The second-order valence-electron chi connectivity index (χ2n) is 4.41. The van der Waals surface area contributed by atoms with Crippen LogP contribution in [0.1, 0.15) is 12.5 Å². The number of anilines is 1. The Morgan fingerprint density at radius 2 is 2.25 bits per heavy atom. The van der Waals surface area contributed by atoms with Crippen LogP contribution in [-0.2, 0) is 20.7 Å². The van der Waals surface area contributed by atoms with Gasteiger partial charge in [0, 0.05) is 12.5 Å². The van der Waals surface area contributed by atoms with Crippen LogP contribution in [0.25, 0.3) is 0 Å². The molecule has 0 saturated heterocycles. The van der Waals surface area contributed by atoms with E-state index >= 15 is 0 Å². The van der Waals surface area contributed by atoms with Crippen molar-refractivity contribution < 1.29 is 19.2 Å². The summed E-state index contributed by atoms with van der Waals surface area (Å²) in [5, 5.41) is 13.2. The molecule has 0 radical (unpaired) electrons. The van der Waals surface area contributed by atoms with Crippen molar-refractivity contribution in [3.63, 3.8) is 0 Å². The number of nitrogen functional groups attached to an aromatic ring is 1. The van der Waals surface area contributed by atoms with Gasteiger partial charge in [0.15, 0.2) is 0 Å². The first kappa shape index (κ1) is 15.4. The number of hydrogen-bond acceptors (Lipinski definition) is 6. The zero-order chi connectivity index (χ0) is 15.3. The van der Waals surface area contributed by atoms with Crippen molar-refractivity contribution in [1.29, 1.82) is 0 Å². The molecule has 0 spiro atoms. The molecule has 108 valence electrons. The van der Waals surface area contributed by atoms with Gasteiger partial charge in [-0.15, -0.1) is 0 Å². The van der Waals surface area contributed by atoms with Crippen LogP contribution in [0.5, 0.6) is 0 Å². The number of nitro groups is 1. The molecule has 0 bridgehead atoms. The number of benzene rings is 1. The highest BCUT2D eigenvalue weighted by atomic mass is 16.6. The number of esters is 1. The van der Waals surface area contributed by atoms with E-state index in [1.807, 2.05) is 0 Å². The lowest BCUT2D eigenvalue weighted by Gasteiger charge is -2.25. The quantitative estimate of drug-likeness (QED) is 0.255. The Morgan fingerprint density at radius 1 is 1.60 bits per heavy atom. The molecule has 0 aliphatic heterocycles. The first-order valence-corrected chi connectivity index (χ1v) is 5.66. The zero-order valence-corrected chi connectivity index (χ0v) is 11.1. The highest BCUT2D eigenvalue weighted by Gasteiger charge is 2.34. The predicted octanol–water partition coefficient (Wildman–Crippen LogP) is 0.397. The van der Waals surface area contributed by atoms with E-state index < -0.39 is 16.4 Å². The molecule has 0 aliphatic rings. The van der Waals surface area contributed by atoms with Gasteiger partial charge in [-0.2, -0.15) is 0 Å². The molecule has 8 heteroatoms. The third kappa shape index (κ3) is 3.22. The molecule has 0 aliphatic carbocycles. The summed E-state index contributed by atoms with van der Waals surface area (Å²) in [6.07, 6.45) is 0.419. The van der Waals surface area contributed by atoms with Crippen molar-refractivity contribution >= 4 is 23.8 Å². The Kier molecular flexibility index (Phi) is 4.63. The van der Waals surface area contributed by atoms with Crippen LogP contribution < -0.4 is 11.1 Å². The molecule has 0 aromatic heterocycles. The lowest BCUT2D eigenvalue weighted by atomic mass is 9.92. The van der Waals surface area contributed by atoms with E-state index in [-0.39, 0.29) is 17.8 Å². The largest absolute Gasteiger partial charge is 0.467 e. The monoisotopic (exact) mass is 281 g/mol. The Labute approximate surface area is 115 Å². The Morgan fingerprint density at radius 3 is 2.75 bits per heavy atom. The Balaban J connectivity index is 3.12. The summed E-state index contributed by atoms with van der Waals surface area (Å²) < 4.78 is 4.62. The van der Waals surface area contributed by atoms with Crippen molar-refractivity contribution in [1.82, 2.24) is 5.32 Å². The van der Waals surface area contributed by atoms with Gasteiger partial charge in [-0.25, -0.2) is 4.79 Å². The van der Waals surface area contributed by atoms with E-state index in [4.69, 9.17) is 5.73 Å². The molecule has 1 aromatic carbocycles. The van der Waals surface area contributed by atoms with Crippen molar-refractivity contribution in [2.75, 3.05) is 12.8 Å². The van der Waals surface area contributed by atoms with Crippen LogP contribution >= 0.6 is 0 Å². The lowest BCUT2D eigenvalue weighted by molar-refractivity contribution is -0.384. The molecular formula is C12H15N3O5. The molecule has 0 unspecified atom stereocenters. The molecule has 3 N–H and O–H groups in total. The number of hydrogen-bond donors (Lipinski definition) is 2. The van der Waals surface area contributed by atoms with E-state index in [1.165, 1.54) is 26.2 Å². The number of nitrogens with two attached hydrogens (primary N) is 1. The SMILES string of the molecule is COC(=O)[C@@](C)(Cc1ccc(N)c([N+](=O)[O-])c1)NC=O. The van der Waals surface area contributed by atoms with Crippen LogP contribution in [0.15, 0.2) is 18.2 Å². The van der Waals surface area contributed by atoms with Gasteiger partial charge in [0.2, 0.25) is 6.41 Å². The van der Waals surface area contributed by atoms with Crippen molar-refractivity contribution in [2.24, 2.45) is 0 Å². The molecule has 20 heavy (non-hydrogen) atoms. The maximum atomic E-state index is 11.7. The average molecular weight is 281 g/mol. The minimum atomic E-state index is -1.31. The van der Waals surface area contributed by atoms with E-state index in [1.54, 1.807) is 6.07 Å². The number of rotatable bonds is 6. The molecule has 1 aromatic rings. The van der Waals surface area contributed by atoms with Gasteiger partial charge in [-0.05, 0) is 18.6 Å². The molecule has 0 fully saturated rings. The maximum Gasteiger partial charge on any atom is 0.331 e. The van der Waals surface area contributed by atoms with Gasteiger partial charge < -0.3 is 15.8 Å². The van der Waals surface area contributed by atoms with E-state index in [0.717, 1.165) is 0 Å². The third-order valence-corrected chi connectivity index (χ3v) is 2.86. The maximum absolute atomic E-state index is 11.7. The Hall–Kier alpha value is -2.64. The molecule has 0 heterocycles. The van der Waals surface area contributed by atoms with Gasteiger partial charge >= 0.3 is 5.97 Å². The fraction of sp³-hybridized carbons (Fsp3) is 0.333. The number of nitrogens with one attached hydrogen (secondary N) is 1. The van der Waals surface area contributed by atoms with E-state index in [0.29, 0.717) is 12.0 Å². The number of amides is 1. The van der Waals surface area contributed by atoms with Crippen LogP contribution in [0, 0.1) is 10.1 Å². The van der Waals surface area contributed by atoms with E-state index in [2.05, 4.69) is 10.1 Å². The van der Waals surface area contributed by atoms with Crippen LogP contribution in [-0.4, -0.2) is 30.0 Å². The van der Waals surface area contributed by atoms with Gasteiger partial charge in [0.1, 0.15) is 11.2 Å². The molecule has 1 amide bonds. The van der Waals surface area contributed by atoms with Crippen LogP contribution in [0.4, 0.5) is 11.4 Å². The average Bonchev–Trinajstić information content (AvgIpc) is 2.40. The van der Waals surface area contributed by atoms with Crippen molar-refractivity contribution in [3.8, 4) is 0 Å². The van der Waals surface area contributed by atoms with Crippen molar-refractivity contribution in [2.45, 2.75) is 18.9 Å². The third-order valence-electron chi connectivity index (χ3n) is 2.86. The zero-order valence-electron chi connectivity index (χ0n) is 11.1. The summed E-state index contributed by atoms with van der Waals surface area (Å²) >= 11 is 0. The number of nitro benzene ring substituents is 1. The predicted molar refractivity (Wildman–Crippen MR) is 70.8 cm³/mol. The number of carbonyl (C=O) groups excluding carboxylic acids is 2. The number of ether oxygens (including phenoxy) is 1. The van der Waals surface area contributed by atoms with E-state index in [9.17, 15) is 19.7 Å². The van der Waals surface area contributed by atoms with Crippen LogP contribution in [0.2, 0.25) is 0 Å². The summed E-state index contributed by atoms with van der Waals surface area (Å²) in [5.74, 6) is -0.649.